The van der Waals surface area contributed by atoms with Crippen molar-refractivity contribution in [3.05, 3.63) is 35.9 Å². The second-order valence-corrected chi connectivity index (χ2v) is 3.38. The summed E-state index contributed by atoms with van der Waals surface area (Å²) in [4.78, 5) is 12.4. The number of benzene rings is 1. The van der Waals surface area contributed by atoms with E-state index in [0.29, 0.717) is 19.6 Å². The van der Waals surface area contributed by atoms with E-state index in [1.54, 1.807) is 0 Å². The molecule has 0 fully saturated rings. The molecule has 0 radical (unpaired) electrons. The molecule has 0 aliphatic carbocycles. The average Bonchev–Trinajstić information content (AvgIpc) is 2.18. The quantitative estimate of drug-likeness (QED) is 0.715. The van der Waals surface area contributed by atoms with Crippen LogP contribution in [0.5, 0.6) is 0 Å². The lowest BCUT2D eigenvalue weighted by molar-refractivity contribution is -0.138. The van der Waals surface area contributed by atoms with Crippen LogP contribution in [0.25, 0.3) is 0 Å². The minimum absolute atomic E-state index is 0.0338. The molecule has 0 saturated carbocycles. The molecule has 0 aliphatic rings. The van der Waals surface area contributed by atoms with E-state index in [4.69, 9.17) is 10.8 Å². The first-order valence-corrected chi connectivity index (χ1v) is 4.90. The van der Waals surface area contributed by atoms with Gasteiger partial charge in [0.1, 0.15) is 0 Å². The monoisotopic (exact) mass is 208 g/mol. The molecule has 4 nitrogen and oxygen atoms in total. The molecule has 0 atom stereocenters. The lowest BCUT2D eigenvalue weighted by Gasteiger charge is -2.19. The predicted molar refractivity (Wildman–Crippen MR) is 58.4 cm³/mol. The molecule has 82 valence electrons. The fourth-order valence-electron chi connectivity index (χ4n) is 1.43. The second-order valence-electron chi connectivity index (χ2n) is 3.38. The predicted octanol–water partition coefficient (Wildman–Crippen LogP) is 0.532. The van der Waals surface area contributed by atoms with Crippen LogP contribution in [0.15, 0.2) is 30.3 Å². The van der Waals surface area contributed by atoms with E-state index < -0.39 is 5.97 Å². The highest BCUT2D eigenvalue weighted by Gasteiger charge is 2.08. The van der Waals surface area contributed by atoms with Crippen molar-refractivity contribution in [2.45, 2.75) is 6.54 Å². The first-order valence-electron chi connectivity index (χ1n) is 4.90. The van der Waals surface area contributed by atoms with Crippen molar-refractivity contribution < 1.29 is 9.90 Å². The van der Waals surface area contributed by atoms with E-state index in [2.05, 4.69) is 0 Å². The van der Waals surface area contributed by atoms with Crippen molar-refractivity contribution in [1.29, 1.82) is 0 Å². The molecule has 4 heteroatoms. The standard InChI is InChI=1S/C11H16N2O2/c12-6-7-13(9-11(14)15)8-10-4-2-1-3-5-10/h1-5H,6-9,12H2,(H,14,15). The first-order chi connectivity index (χ1) is 7.22. The number of carbonyl (C=O) groups is 1. The molecular weight excluding hydrogens is 192 g/mol. The zero-order valence-corrected chi connectivity index (χ0v) is 8.60. The van der Waals surface area contributed by atoms with E-state index in [9.17, 15) is 4.79 Å². The molecule has 0 aromatic heterocycles. The van der Waals surface area contributed by atoms with E-state index in [1.807, 2.05) is 35.2 Å². The maximum Gasteiger partial charge on any atom is 0.317 e. The van der Waals surface area contributed by atoms with Crippen LogP contribution >= 0.6 is 0 Å². The lowest BCUT2D eigenvalue weighted by atomic mass is 10.2. The number of carboxylic acid groups (broad SMARTS) is 1. The molecule has 15 heavy (non-hydrogen) atoms. The second kappa shape index (κ2) is 6.16. The molecule has 1 aromatic rings. The van der Waals surface area contributed by atoms with Gasteiger partial charge in [0.25, 0.3) is 0 Å². The number of hydrogen-bond acceptors (Lipinski definition) is 3. The number of nitrogens with two attached hydrogens (primary N) is 1. The minimum atomic E-state index is -0.820. The largest absolute Gasteiger partial charge is 0.480 e. The normalized spacial score (nSPS) is 10.5. The molecule has 0 aliphatic heterocycles. The van der Waals surface area contributed by atoms with Crippen molar-refractivity contribution in [1.82, 2.24) is 4.90 Å². The van der Waals surface area contributed by atoms with Crippen LogP contribution in [0.2, 0.25) is 0 Å². The molecule has 0 spiro atoms. The summed E-state index contributed by atoms with van der Waals surface area (Å²) >= 11 is 0. The summed E-state index contributed by atoms with van der Waals surface area (Å²) in [5.41, 5.74) is 6.53. The Morgan fingerprint density at radius 3 is 2.53 bits per heavy atom. The Morgan fingerprint density at radius 2 is 2.00 bits per heavy atom. The Kier molecular flexibility index (Phi) is 4.80. The van der Waals surface area contributed by atoms with Gasteiger partial charge in [-0.2, -0.15) is 0 Å². The summed E-state index contributed by atoms with van der Waals surface area (Å²) in [5, 5.41) is 8.71. The van der Waals surface area contributed by atoms with Gasteiger partial charge in [-0.05, 0) is 5.56 Å². The molecular formula is C11H16N2O2. The Morgan fingerprint density at radius 1 is 1.33 bits per heavy atom. The smallest absolute Gasteiger partial charge is 0.317 e. The van der Waals surface area contributed by atoms with Crippen molar-refractivity contribution in [2.75, 3.05) is 19.6 Å². The topological polar surface area (TPSA) is 66.6 Å². The van der Waals surface area contributed by atoms with Crippen molar-refractivity contribution in [2.24, 2.45) is 5.73 Å². The SMILES string of the molecule is NCCN(CC(=O)O)Cc1ccccc1. The van der Waals surface area contributed by atoms with Gasteiger partial charge in [-0.3, -0.25) is 9.69 Å². The number of carboxylic acids is 1. The zero-order valence-electron chi connectivity index (χ0n) is 8.60. The van der Waals surface area contributed by atoms with Crippen molar-refractivity contribution >= 4 is 5.97 Å². The van der Waals surface area contributed by atoms with Gasteiger partial charge in [0.15, 0.2) is 0 Å². The molecule has 0 saturated heterocycles. The number of hydrogen-bond donors (Lipinski definition) is 2. The van der Waals surface area contributed by atoms with Gasteiger partial charge in [0.05, 0.1) is 6.54 Å². The third-order valence-corrected chi connectivity index (χ3v) is 2.05. The first kappa shape index (κ1) is 11.7. The summed E-state index contributed by atoms with van der Waals surface area (Å²) in [6.45, 7) is 1.73. The maximum atomic E-state index is 10.6. The van der Waals surface area contributed by atoms with Crippen LogP contribution in [-0.4, -0.2) is 35.6 Å². The van der Waals surface area contributed by atoms with Crippen LogP contribution in [-0.2, 0) is 11.3 Å². The number of nitrogens with zero attached hydrogens (tertiary/aromatic N) is 1. The molecule has 0 bridgehead atoms. The third-order valence-electron chi connectivity index (χ3n) is 2.05. The Balaban J connectivity index is 2.54. The molecule has 1 rings (SSSR count). The van der Waals surface area contributed by atoms with Crippen LogP contribution in [0.3, 0.4) is 0 Å². The number of rotatable bonds is 6. The summed E-state index contributed by atoms with van der Waals surface area (Å²) in [6, 6.07) is 9.78. The van der Waals surface area contributed by atoms with Crippen LogP contribution in [0.1, 0.15) is 5.56 Å². The molecule has 0 heterocycles. The summed E-state index contributed by atoms with van der Waals surface area (Å²) in [7, 11) is 0. The Hall–Kier alpha value is -1.39. The third kappa shape index (κ3) is 4.58. The molecule has 3 N–H and O–H groups in total. The number of aliphatic carboxylic acids is 1. The highest BCUT2D eigenvalue weighted by atomic mass is 16.4. The molecule has 0 amide bonds. The van der Waals surface area contributed by atoms with E-state index in [-0.39, 0.29) is 6.54 Å². The van der Waals surface area contributed by atoms with E-state index in [0.717, 1.165) is 5.56 Å². The van der Waals surface area contributed by atoms with Gasteiger partial charge in [-0.25, -0.2) is 0 Å². The van der Waals surface area contributed by atoms with Gasteiger partial charge in [0.2, 0.25) is 0 Å². The summed E-state index contributed by atoms with van der Waals surface area (Å²) in [6.07, 6.45) is 0. The van der Waals surface area contributed by atoms with Gasteiger partial charge < -0.3 is 10.8 Å². The molecule has 1 aromatic carbocycles. The average molecular weight is 208 g/mol. The fraction of sp³-hybridized carbons (Fsp3) is 0.364. The summed E-state index contributed by atoms with van der Waals surface area (Å²) < 4.78 is 0. The van der Waals surface area contributed by atoms with Gasteiger partial charge in [-0.1, -0.05) is 30.3 Å². The van der Waals surface area contributed by atoms with Crippen LogP contribution < -0.4 is 5.73 Å². The van der Waals surface area contributed by atoms with Gasteiger partial charge >= 0.3 is 5.97 Å². The van der Waals surface area contributed by atoms with E-state index >= 15 is 0 Å². The lowest BCUT2D eigenvalue weighted by Crippen LogP contribution is -2.33. The van der Waals surface area contributed by atoms with Crippen LogP contribution in [0, 0.1) is 0 Å². The zero-order chi connectivity index (χ0) is 11.1. The minimum Gasteiger partial charge on any atom is -0.480 e. The Labute approximate surface area is 89.3 Å². The van der Waals surface area contributed by atoms with Gasteiger partial charge in [0, 0.05) is 19.6 Å². The van der Waals surface area contributed by atoms with Gasteiger partial charge in [-0.15, -0.1) is 0 Å². The highest BCUT2D eigenvalue weighted by molar-refractivity contribution is 5.69. The van der Waals surface area contributed by atoms with Crippen molar-refractivity contribution in [3.63, 3.8) is 0 Å². The fourth-order valence-corrected chi connectivity index (χ4v) is 1.43. The molecule has 0 unspecified atom stereocenters. The highest BCUT2D eigenvalue weighted by Crippen LogP contribution is 2.03. The van der Waals surface area contributed by atoms with E-state index in [1.165, 1.54) is 0 Å². The Bertz CT molecular complexity index is 301. The summed E-state index contributed by atoms with van der Waals surface area (Å²) in [5.74, 6) is -0.820. The van der Waals surface area contributed by atoms with Crippen molar-refractivity contribution in [3.8, 4) is 0 Å². The maximum absolute atomic E-state index is 10.6. The van der Waals surface area contributed by atoms with Crippen LogP contribution in [0.4, 0.5) is 0 Å².